The molecule has 1 aromatic heterocycles. The van der Waals surface area contributed by atoms with Crippen LogP contribution in [0.15, 0.2) is 11.3 Å². The van der Waals surface area contributed by atoms with E-state index in [2.05, 4.69) is 20.3 Å². The third-order valence-electron chi connectivity index (χ3n) is 1.33. The number of aliphatic hydroxyl groups is 1. The van der Waals surface area contributed by atoms with Gasteiger partial charge in [-0.3, -0.25) is 4.68 Å². The molecule has 1 aromatic rings. The molecule has 1 heterocycles. The average molecular weight is 168 g/mol. The van der Waals surface area contributed by atoms with Gasteiger partial charge in [0.05, 0.1) is 12.3 Å². The molecule has 1 rings (SSSR count). The molecule has 0 spiro atoms. The molecule has 1 unspecified atom stereocenters. The zero-order valence-electron chi connectivity index (χ0n) is 6.49. The van der Waals surface area contributed by atoms with Crippen molar-refractivity contribution >= 4 is 0 Å². The minimum absolute atomic E-state index is 0.261. The largest absolute Gasteiger partial charge is 0.396 e. The van der Waals surface area contributed by atoms with Gasteiger partial charge in [0.15, 0.2) is 0 Å². The first-order chi connectivity index (χ1) is 5.77. The van der Waals surface area contributed by atoms with Crippen molar-refractivity contribution in [2.75, 3.05) is 6.61 Å². The molecule has 0 bridgehead atoms. The summed E-state index contributed by atoms with van der Waals surface area (Å²) in [6, 6.07) is -0.635. The third kappa shape index (κ3) is 1.71. The van der Waals surface area contributed by atoms with E-state index in [1.54, 1.807) is 13.2 Å². The van der Waals surface area contributed by atoms with Crippen LogP contribution in [0.3, 0.4) is 0 Å². The second-order valence-electron chi connectivity index (χ2n) is 2.22. The number of aromatic nitrogens is 3. The summed E-state index contributed by atoms with van der Waals surface area (Å²) in [5.74, 6) is 0. The Kier molecular flexibility index (Phi) is 2.62. The van der Waals surface area contributed by atoms with Gasteiger partial charge in [-0.05, 0) is 5.53 Å². The van der Waals surface area contributed by atoms with Crippen molar-refractivity contribution in [3.8, 4) is 0 Å². The van der Waals surface area contributed by atoms with Crippen molar-refractivity contribution < 1.29 is 5.11 Å². The van der Waals surface area contributed by atoms with Crippen LogP contribution in [0.4, 0.5) is 0 Å². The fourth-order valence-corrected chi connectivity index (χ4v) is 0.769. The molecule has 0 radical (unpaired) electrons. The first-order valence-corrected chi connectivity index (χ1v) is 3.29. The molecular weight excluding hydrogens is 160 g/mol. The van der Waals surface area contributed by atoms with Gasteiger partial charge in [0, 0.05) is 18.2 Å². The number of hydrogen-bond acceptors (Lipinski definition) is 4. The number of azide groups is 1. The highest BCUT2D eigenvalue weighted by Crippen LogP contribution is 2.12. The van der Waals surface area contributed by atoms with Crippen molar-refractivity contribution in [1.29, 1.82) is 0 Å². The maximum atomic E-state index is 8.78. The van der Waals surface area contributed by atoms with Gasteiger partial charge in [0.1, 0.15) is 6.04 Å². The summed E-state index contributed by atoms with van der Waals surface area (Å²) in [4.78, 5) is 2.58. The highest BCUT2D eigenvalue weighted by Gasteiger charge is 2.11. The summed E-state index contributed by atoms with van der Waals surface area (Å²) in [6.45, 7) is -0.261. The van der Waals surface area contributed by atoms with Crippen LogP contribution >= 0.6 is 0 Å². The van der Waals surface area contributed by atoms with Crippen molar-refractivity contribution in [3.05, 3.63) is 22.3 Å². The van der Waals surface area contributed by atoms with Gasteiger partial charge in [0.2, 0.25) is 0 Å². The van der Waals surface area contributed by atoms with Crippen LogP contribution in [0.2, 0.25) is 0 Å². The maximum absolute atomic E-state index is 8.78. The van der Waals surface area contributed by atoms with Crippen LogP contribution in [-0.4, -0.2) is 26.7 Å². The summed E-state index contributed by atoms with van der Waals surface area (Å²) < 4.78 is 1.48. The third-order valence-corrected chi connectivity index (χ3v) is 1.33. The molecular formula is C5H8N6O. The number of rotatable bonds is 3. The fraction of sp³-hybridized carbons (Fsp3) is 0.600. The second-order valence-corrected chi connectivity index (χ2v) is 2.22. The Hall–Kier alpha value is -1.59. The Balaban J connectivity index is 2.86. The molecule has 0 aliphatic rings. The second kappa shape index (κ2) is 3.70. The maximum Gasteiger partial charge on any atom is 0.106 e. The molecule has 0 amide bonds. The van der Waals surface area contributed by atoms with E-state index < -0.39 is 6.04 Å². The van der Waals surface area contributed by atoms with Gasteiger partial charge < -0.3 is 5.11 Å². The molecule has 7 nitrogen and oxygen atoms in total. The zero-order valence-corrected chi connectivity index (χ0v) is 6.49. The van der Waals surface area contributed by atoms with E-state index in [1.165, 1.54) is 4.68 Å². The molecule has 0 saturated heterocycles. The van der Waals surface area contributed by atoms with E-state index in [0.717, 1.165) is 0 Å². The van der Waals surface area contributed by atoms with Gasteiger partial charge in [0.25, 0.3) is 0 Å². The van der Waals surface area contributed by atoms with Crippen molar-refractivity contribution in [1.82, 2.24) is 15.0 Å². The van der Waals surface area contributed by atoms with Gasteiger partial charge >= 0.3 is 0 Å². The Labute approximate surface area is 68.2 Å². The van der Waals surface area contributed by atoms with Gasteiger partial charge in [-0.25, -0.2) is 0 Å². The van der Waals surface area contributed by atoms with E-state index in [4.69, 9.17) is 10.6 Å². The summed E-state index contributed by atoms with van der Waals surface area (Å²) in [7, 11) is 1.70. The topological polar surface area (TPSA) is 99.7 Å². The van der Waals surface area contributed by atoms with Crippen molar-refractivity contribution in [2.45, 2.75) is 6.04 Å². The Morgan fingerprint density at radius 2 is 2.67 bits per heavy atom. The molecule has 0 aromatic carbocycles. The highest BCUT2D eigenvalue weighted by atomic mass is 16.3. The molecule has 1 N–H and O–H groups in total. The summed E-state index contributed by atoms with van der Waals surface area (Å²) >= 11 is 0. The van der Waals surface area contributed by atoms with Crippen LogP contribution in [0.25, 0.3) is 10.4 Å². The number of aryl methyl sites for hydroxylation is 1. The lowest BCUT2D eigenvalue weighted by atomic mass is 10.2. The van der Waals surface area contributed by atoms with E-state index >= 15 is 0 Å². The monoisotopic (exact) mass is 168 g/mol. The van der Waals surface area contributed by atoms with Gasteiger partial charge in [-0.15, -0.1) is 5.10 Å². The average Bonchev–Trinajstić information content (AvgIpc) is 2.47. The Bertz CT molecular complexity index is 301. The quantitative estimate of drug-likeness (QED) is 0.395. The lowest BCUT2D eigenvalue weighted by Crippen LogP contribution is -2.00. The Morgan fingerprint density at radius 3 is 3.08 bits per heavy atom. The molecule has 0 aliphatic heterocycles. The van der Waals surface area contributed by atoms with Gasteiger partial charge in [-0.1, -0.05) is 10.3 Å². The minimum atomic E-state index is -0.635. The van der Waals surface area contributed by atoms with Crippen LogP contribution in [0, 0.1) is 0 Å². The number of nitrogens with zero attached hydrogens (tertiary/aromatic N) is 6. The SMILES string of the molecule is Cn1cc(C(CO)N=[N+]=[N-])nn1. The summed E-state index contributed by atoms with van der Waals surface area (Å²) in [5.41, 5.74) is 8.60. The van der Waals surface area contributed by atoms with Crippen LogP contribution < -0.4 is 0 Å². The normalized spacial score (nSPS) is 12.2. The molecule has 0 saturated carbocycles. The predicted molar refractivity (Wildman–Crippen MR) is 40.0 cm³/mol. The molecule has 64 valence electrons. The molecule has 7 heteroatoms. The summed E-state index contributed by atoms with van der Waals surface area (Å²) in [5, 5.41) is 19.5. The summed E-state index contributed by atoms with van der Waals surface area (Å²) in [6.07, 6.45) is 1.59. The minimum Gasteiger partial charge on any atom is -0.396 e. The van der Waals surface area contributed by atoms with Crippen LogP contribution in [0.1, 0.15) is 11.7 Å². The molecule has 0 aliphatic carbocycles. The van der Waals surface area contributed by atoms with E-state index in [1.807, 2.05) is 0 Å². The smallest absolute Gasteiger partial charge is 0.106 e. The van der Waals surface area contributed by atoms with E-state index in [-0.39, 0.29) is 6.61 Å². The van der Waals surface area contributed by atoms with Crippen molar-refractivity contribution in [3.63, 3.8) is 0 Å². The Morgan fingerprint density at radius 1 is 1.92 bits per heavy atom. The lowest BCUT2D eigenvalue weighted by Gasteiger charge is -1.99. The van der Waals surface area contributed by atoms with E-state index in [0.29, 0.717) is 5.69 Å². The molecule has 0 fully saturated rings. The first kappa shape index (κ1) is 8.51. The van der Waals surface area contributed by atoms with Crippen molar-refractivity contribution in [2.24, 2.45) is 12.2 Å². The highest BCUT2D eigenvalue weighted by molar-refractivity contribution is 5.00. The lowest BCUT2D eigenvalue weighted by molar-refractivity contribution is 0.265. The van der Waals surface area contributed by atoms with Gasteiger partial charge in [-0.2, -0.15) is 0 Å². The van der Waals surface area contributed by atoms with E-state index in [9.17, 15) is 0 Å². The van der Waals surface area contributed by atoms with Crippen LogP contribution in [0.5, 0.6) is 0 Å². The standard InChI is InChI=1S/C5H8N6O/c1-11-2-4(8-10-11)5(3-12)7-9-6/h2,5,12H,3H2,1H3. The number of aliphatic hydroxyl groups excluding tert-OH is 1. The molecule has 12 heavy (non-hydrogen) atoms. The molecule has 1 atom stereocenters. The first-order valence-electron chi connectivity index (χ1n) is 3.29. The fourth-order valence-electron chi connectivity index (χ4n) is 0.769. The zero-order chi connectivity index (χ0) is 8.97. The number of hydrogen-bond donors (Lipinski definition) is 1. The predicted octanol–water partition coefficient (Wildman–Crippen LogP) is 0.159. The van der Waals surface area contributed by atoms with Crippen LogP contribution in [-0.2, 0) is 7.05 Å².